The van der Waals surface area contributed by atoms with Crippen molar-refractivity contribution in [3.8, 4) is 0 Å². The van der Waals surface area contributed by atoms with Gasteiger partial charge in [0.25, 0.3) is 0 Å². The van der Waals surface area contributed by atoms with Crippen molar-refractivity contribution in [1.29, 1.82) is 0 Å². The Morgan fingerprint density at radius 2 is 1.45 bits per heavy atom. The van der Waals surface area contributed by atoms with Crippen LogP contribution in [0.25, 0.3) is 16.8 Å². The van der Waals surface area contributed by atoms with Crippen molar-refractivity contribution in [2.45, 2.75) is 6.17 Å². The summed E-state index contributed by atoms with van der Waals surface area (Å²) < 4.78 is 0. The second kappa shape index (κ2) is 5.39. The monoisotopic (exact) mass is 306 g/mol. The molecule has 0 fully saturated rings. The SMILES string of the molecule is Cl/C(=C\c1ccccc1)C1Nc2cccc3cccc(c23)N1. The van der Waals surface area contributed by atoms with Crippen LogP contribution >= 0.6 is 11.6 Å². The predicted octanol–water partition coefficient (Wildman–Crippen LogP) is 5.28. The molecule has 1 aliphatic rings. The van der Waals surface area contributed by atoms with Crippen molar-refractivity contribution in [1.82, 2.24) is 0 Å². The smallest absolute Gasteiger partial charge is 0.134 e. The number of hydrogen-bond acceptors (Lipinski definition) is 2. The maximum atomic E-state index is 6.53. The van der Waals surface area contributed by atoms with Gasteiger partial charge in [-0.15, -0.1) is 0 Å². The molecule has 0 amide bonds. The van der Waals surface area contributed by atoms with Crippen LogP contribution in [0.3, 0.4) is 0 Å². The summed E-state index contributed by atoms with van der Waals surface area (Å²) in [5.41, 5.74) is 3.31. The summed E-state index contributed by atoms with van der Waals surface area (Å²) in [5, 5.41) is 10.1. The average Bonchev–Trinajstić information content (AvgIpc) is 2.56. The lowest BCUT2D eigenvalue weighted by atomic mass is 10.0. The highest BCUT2D eigenvalue weighted by molar-refractivity contribution is 6.32. The van der Waals surface area contributed by atoms with Crippen LogP contribution in [0, 0.1) is 0 Å². The molecule has 0 atom stereocenters. The summed E-state index contributed by atoms with van der Waals surface area (Å²) >= 11 is 6.53. The largest absolute Gasteiger partial charge is 0.360 e. The fourth-order valence-electron chi connectivity index (χ4n) is 2.86. The number of benzene rings is 3. The Labute approximate surface area is 134 Å². The molecule has 3 aromatic rings. The van der Waals surface area contributed by atoms with Gasteiger partial charge in [0.15, 0.2) is 0 Å². The Morgan fingerprint density at radius 1 is 0.818 bits per heavy atom. The molecule has 0 aliphatic carbocycles. The van der Waals surface area contributed by atoms with E-state index in [1.54, 1.807) is 0 Å². The van der Waals surface area contributed by atoms with Crippen molar-refractivity contribution < 1.29 is 0 Å². The molecule has 0 unspecified atom stereocenters. The van der Waals surface area contributed by atoms with Gasteiger partial charge in [0.1, 0.15) is 6.17 Å². The van der Waals surface area contributed by atoms with Gasteiger partial charge in [-0.2, -0.15) is 0 Å². The van der Waals surface area contributed by atoms with Gasteiger partial charge in [-0.3, -0.25) is 0 Å². The molecule has 3 aromatic carbocycles. The lowest BCUT2D eigenvalue weighted by Gasteiger charge is -2.29. The summed E-state index contributed by atoms with van der Waals surface area (Å²) in [6.07, 6.45) is 1.86. The van der Waals surface area contributed by atoms with E-state index in [2.05, 4.69) is 47.0 Å². The summed E-state index contributed by atoms with van der Waals surface area (Å²) in [4.78, 5) is 0. The van der Waals surface area contributed by atoms with Crippen LogP contribution in [0.5, 0.6) is 0 Å². The van der Waals surface area contributed by atoms with Crippen LogP contribution in [0.1, 0.15) is 5.56 Å². The first kappa shape index (κ1) is 13.2. The highest BCUT2D eigenvalue weighted by Crippen LogP contribution is 2.36. The number of anilines is 2. The van der Waals surface area contributed by atoms with E-state index in [0.29, 0.717) is 0 Å². The third kappa shape index (κ3) is 2.32. The summed E-state index contributed by atoms with van der Waals surface area (Å²) in [6, 6.07) is 22.6. The molecule has 0 bridgehead atoms. The quantitative estimate of drug-likeness (QED) is 0.673. The predicted molar refractivity (Wildman–Crippen MR) is 95.3 cm³/mol. The van der Waals surface area contributed by atoms with E-state index in [4.69, 9.17) is 11.6 Å². The maximum Gasteiger partial charge on any atom is 0.134 e. The minimum Gasteiger partial charge on any atom is -0.360 e. The first-order valence-electron chi connectivity index (χ1n) is 7.28. The Hall–Kier alpha value is -2.45. The molecule has 0 saturated heterocycles. The zero-order valence-corrected chi connectivity index (χ0v) is 12.6. The van der Waals surface area contributed by atoms with Gasteiger partial charge in [0.2, 0.25) is 0 Å². The Bertz CT molecular complexity index is 815. The van der Waals surface area contributed by atoms with Gasteiger partial charge >= 0.3 is 0 Å². The Morgan fingerprint density at radius 3 is 2.09 bits per heavy atom. The fourth-order valence-corrected chi connectivity index (χ4v) is 3.09. The lowest BCUT2D eigenvalue weighted by molar-refractivity contribution is 0.993. The van der Waals surface area contributed by atoms with Crippen LogP contribution in [0.15, 0.2) is 71.8 Å². The molecule has 22 heavy (non-hydrogen) atoms. The number of halogens is 1. The first-order chi connectivity index (χ1) is 10.8. The van der Waals surface area contributed by atoms with E-state index in [0.717, 1.165) is 22.0 Å². The molecule has 108 valence electrons. The highest BCUT2D eigenvalue weighted by Gasteiger charge is 2.20. The van der Waals surface area contributed by atoms with Crippen LogP contribution in [0.4, 0.5) is 11.4 Å². The molecule has 0 radical (unpaired) electrons. The Balaban J connectivity index is 1.71. The second-order valence-corrected chi connectivity index (χ2v) is 5.81. The molecule has 2 N–H and O–H groups in total. The zero-order chi connectivity index (χ0) is 14.9. The zero-order valence-electron chi connectivity index (χ0n) is 11.9. The third-order valence-corrected chi connectivity index (χ3v) is 4.21. The number of nitrogens with one attached hydrogen (secondary N) is 2. The molecular weight excluding hydrogens is 292 g/mol. The second-order valence-electron chi connectivity index (χ2n) is 5.37. The molecule has 2 nitrogen and oxygen atoms in total. The molecule has 0 aromatic heterocycles. The van der Waals surface area contributed by atoms with Gasteiger partial charge in [-0.05, 0) is 29.2 Å². The molecule has 1 heterocycles. The van der Waals surface area contributed by atoms with E-state index in [9.17, 15) is 0 Å². The standard InChI is InChI=1S/C19H15ClN2/c20-15(12-13-6-2-1-3-7-13)19-21-16-10-4-8-14-9-5-11-17(22-19)18(14)16/h1-12,19,21-22H/b15-12-. The van der Waals surface area contributed by atoms with Gasteiger partial charge in [-0.25, -0.2) is 0 Å². The molecule has 0 saturated carbocycles. The van der Waals surface area contributed by atoms with Crippen LogP contribution in [-0.4, -0.2) is 6.17 Å². The summed E-state index contributed by atoms with van der Waals surface area (Å²) in [7, 11) is 0. The average molecular weight is 307 g/mol. The topological polar surface area (TPSA) is 24.1 Å². The van der Waals surface area contributed by atoms with Crippen LogP contribution in [0.2, 0.25) is 0 Å². The number of rotatable bonds is 2. The highest BCUT2D eigenvalue weighted by atomic mass is 35.5. The van der Waals surface area contributed by atoms with Crippen molar-refractivity contribution in [3.05, 3.63) is 77.3 Å². The van der Waals surface area contributed by atoms with E-state index in [1.807, 2.05) is 36.4 Å². The summed E-state index contributed by atoms with van der Waals surface area (Å²) in [6.45, 7) is 0. The van der Waals surface area contributed by atoms with Crippen molar-refractivity contribution in [3.63, 3.8) is 0 Å². The third-order valence-electron chi connectivity index (χ3n) is 3.88. The summed E-state index contributed by atoms with van der Waals surface area (Å²) in [5.74, 6) is 0. The van der Waals surface area contributed by atoms with Gasteiger partial charge < -0.3 is 10.6 Å². The molecule has 4 rings (SSSR count). The van der Waals surface area contributed by atoms with Gasteiger partial charge in [0.05, 0.1) is 5.03 Å². The molecule has 1 aliphatic heterocycles. The minimum absolute atomic E-state index is 0.123. The molecular formula is C19H15ClN2. The van der Waals surface area contributed by atoms with Crippen molar-refractivity contribution in [2.24, 2.45) is 0 Å². The van der Waals surface area contributed by atoms with E-state index in [-0.39, 0.29) is 6.17 Å². The van der Waals surface area contributed by atoms with Crippen LogP contribution < -0.4 is 10.6 Å². The lowest BCUT2D eigenvalue weighted by Crippen LogP contribution is -2.32. The van der Waals surface area contributed by atoms with Gasteiger partial charge in [0, 0.05) is 16.8 Å². The minimum atomic E-state index is -0.123. The first-order valence-corrected chi connectivity index (χ1v) is 7.66. The molecule has 0 spiro atoms. The maximum absolute atomic E-state index is 6.53. The van der Waals surface area contributed by atoms with E-state index >= 15 is 0 Å². The van der Waals surface area contributed by atoms with E-state index in [1.165, 1.54) is 10.8 Å². The Kier molecular flexibility index (Phi) is 3.24. The normalized spacial score (nSPS) is 14.5. The number of hydrogen-bond donors (Lipinski definition) is 2. The van der Waals surface area contributed by atoms with Crippen molar-refractivity contribution in [2.75, 3.05) is 10.6 Å². The fraction of sp³-hybridized carbons (Fsp3) is 0.0526. The van der Waals surface area contributed by atoms with E-state index < -0.39 is 0 Å². The van der Waals surface area contributed by atoms with Crippen LogP contribution in [-0.2, 0) is 0 Å². The van der Waals surface area contributed by atoms with Gasteiger partial charge in [-0.1, -0.05) is 66.2 Å². The van der Waals surface area contributed by atoms with Crippen molar-refractivity contribution >= 4 is 39.8 Å². The molecule has 3 heteroatoms.